The van der Waals surface area contributed by atoms with E-state index >= 15 is 0 Å². The zero-order chi connectivity index (χ0) is 12.3. The molecule has 0 unspecified atom stereocenters. The molecule has 2 nitrogen and oxygen atoms in total. The molecule has 0 saturated heterocycles. The number of halogens is 1. The Morgan fingerprint density at radius 1 is 1.41 bits per heavy atom. The van der Waals surface area contributed by atoms with Gasteiger partial charge in [-0.3, -0.25) is 0 Å². The van der Waals surface area contributed by atoms with Gasteiger partial charge in [0.05, 0.1) is 6.61 Å². The smallest absolute Gasteiger partial charge is 0.0702 e. The fraction of sp³-hybridized carbons (Fsp3) is 0.571. The standard InChI is InChI=1S/C14H20ClNO/c1-2-16(9-11-4-3-5-11)14-7-6-13(15)8-12(14)10-17/h6-8,11,17H,2-5,9-10H2,1H3. The number of benzene rings is 1. The highest BCUT2D eigenvalue weighted by atomic mass is 35.5. The zero-order valence-corrected chi connectivity index (χ0v) is 11.1. The van der Waals surface area contributed by atoms with E-state index in [1.54, 1.807) is 0 Å². The van der Waals surface area contributed by atoms with Crippen molar-refractivity contribution in [1.82, 2.24) is 0 Å². The lowest BCUT2D eigenvalue weighted by Crippen LogP contribution is -2.33. The lowest BCUT2D eigenvalue weighted by molar-refractivity contribution is 0.281. The Bertz CT molecular complexity index is 376. The molecule has 17 heavy (non-hydrogen) atoms. The summed E-state index contributed by atoms with van der Waals surface area (Å²) in [6.45, 7) is 4.29. The van der Waals surface area contributed by atoms with E-state index in [2.05, 4.69) is 11.8 Å². The Balaban J connectivity index is 2.16. The highest BCUT2D eigenvalue weighted by Gasteiger charge is 2.21. The summed E-state index contributed by atoms with van der Waals surface area (Å²) in [5.74, 6) is 0.831. The minimum absolute atomic E-state index is 0.0526. The number of nitrogens with zero attached hydrogens (tertiary/aromatic N) is 1. The summed E-state index contributed by atoms with van der Waals surface area (Å²) in [5.41, 5.74) is 2.06. The number of hydrogen-bond acceptors (Lipinski definition) is 2. The third-order valence-electron chi connectivity index (χ3n) is 3.64. The molecule has 94 valence electrons. The molecule has 0 atom stereocenters. The molecule has 0 radical (unpaired) electrons. The van der Waals surface area contributed by atoms with Gasteiger partial charge in [0, 0.05) is 29.4 Å². The van der Waals surface area contributed by atoms with E-state index in [4.69, 9.17) is 11.6 Å². The van der Waals surface area contributed by atoms with Gasteiger partial charge in [-0.25, -0.2) is 0 Å². The third kappa shape index (κ3) is 2.93. The van der Waals surface area contributed by atoms with Crippen LogP contribution >= 0.6 is 11.6 Å². The number of aliphatic hydroxyl groups excluding tert-OH is 1. The van der Waals surface area contributed by atoms with Crippen LogP contribution in [0.2, 0.25) is 5.02 Å². The van der Waals surface area contributed by atoms with Crippen LogP contribution in [0.15, 0.2) is 18.2 Å². The predicted octanol–water partition coefficient (Wildman–Crippen LogP) is 3.46. The maximum absolute atomic E-state index is 9.41. The molecule has 0 bridgehead atoms. The van der Waals surface area contributed by atoms with Crippen molar-refractivity contribution in [2.75, 3.05) is 18.0 Å². The van der Waals surface area contributed by atoms with E-state index in [0.717, 1.165) is 30.3 Å². The Morgan fingerprint density at radius 2 is 2.18 bits per heavy atom. The van der Waals surface area contributed by atoms with E-state index in [9.17, 15) is 5.11 Å². The van der Waals surface area contributed by atoms with Crippen LogP contribution in [0, 0.1) is 5.92 Å². The molecule has 0 amide bonds. The molecule has 0 spiro atoms. The van der Waals surface area contributed by atoms with E-state index < -0.39 is 0 Å². The largest absolute Gasteiger partial charge is 0.392 e. The molecule has 1 aromatic carbocycles. The third-order valence-corrected chi connectivity index (χ3v) is 3.87. The lowest BCUT2D eigenvalue weighted by atomic mass is 9.85. The number of hydrogen-bond donors (Lipinski definition) is 1. The van der Waals surface area contributed by atoms with Gasteiger partial charge in [0.15, 0.2) is 0 Å². The minimum Gasteiger partial charge on any atom is -0.392 e. The van der Waals surface area contributed by atoms with Crippen LogP contribution in [0.5, 0.6) is 0 Å². The summed E-state index contributed by atoms with van der Waals surface area (Å²) >= 11 is 5.96. The highest BCUT2D eigenvalue weighted by Crippen LogP contribution is 2.31. The second-order valence-electron chi connectivity index (χ2n) is 4.77. The van der Waals surface area contributed by atoms with Crippen LogP contribution in [0.4, 0.5) is 5.69 Å². The molecule has 1 N–H and O–H groups in total. The molecule has 1 aromatic rings. The van der Waals surface area contributed by atoms with Crippen molar-refractivity contribution in [1.29, 1.82) is 0 Å². The number of anilines is 1. The molecule has 0 heterocycles. The monoisotopic (exact) mass is 253 g/mol. The van der Waals surface area contributed by atoms with Crippen LogP contribution in [-0.2, 0) is 6.61 Å². The zero-order valence-electron chi connectivity index (χ0n) is 10.3. The molecule has 1 fully saturated rings. The van der Waals surface area contributed by atoms with Gasteiger partial charge in [-0.05, 0) is 43.9 Å². The van der Waals surface area contributed by atoms with Crippen LogP contribution in [0.25, 0.3) is 0 Å². The van der Waals surface area contributed by atoms with Gasteiger partial charge in [-0.1, -0.05) is 18.0 Å². The summed E-state index contributed by atoms with van der Waals surface area (Å²) in [7, 11) is 0. The first-order chi connectivity index (χ1) is 8.24. The average molecular weight is 254 g/mol. The average Bonchev–Trinajstić information content (AvgIpc) is 2.29. The maximum Gasteiger partial charge on any atom is 0.0702 e. The summed E-state index contributed by atoms with van der Waals surface area (Å²) in [5, 5.41) is 10.1. The molecule has 1 saturated carbocycles. The first kappa shape index (κ1) is 12.7. The predicted molar refractivity (Wildman–Crippen MR) is 72.6 cm³/mol. The Hall–Kier alpha value is -0.730. The van der Waals surface area contributed by atoms with Crippen LogP contribution in [-0.4, -0.2) is 18.2 Å². The fourth-order valence-electron chi connectivity index (χ4n) is 2.37. The van der Waals surface area contributed by atoms with Crippen molar-refractivity contribution in [3.05, 3.63) is 28.8 Å². The van der Waals surface area contributed by atoms with E-state index in [1.807, 2.05) is 18.2 Å². The quantitative estimate of drug-likeness (QED) is 0.869. The van der Waals surface area contributed by atoms with Crippen molar-refractivity contribution < 1.29 is 5.11 Å². The number of aliphatic hydroxyl groups is 1. The Labute approximate surface area is 108 Å². The van der Waals surface area contributed by atoms with Gasteiger partial charge < -0.3 is 10.0 Å². The van der Waals surface area contributed by atoms with E-state index in [-0.39, 0.29) is 6.61 Å². The van der Waals surface area contributed by atoms with Crippen molar-refractivity contribution in [3.63, 3.8) is 0 Å². The van der Waals surface area contributed by atoms with Crippen molar-refractivity contribution >= 4 is 17.3 Å². The minimum atomic E-state index is 0.0526. The fourth-order valence-corrected chi connectivity index (χ4v) is 2.57. The molecule has 1 aliphatic rings. The molecule has 1 aliphatic carbocycles. The summed E-state index contributed by atoms with van der Waals surface area (Å²) in [4.78, 5) is 2.35. The molecule has 2 rings (SSSR count). The van der Waals surface area contributed by atoms with Gasteiger partial charge in [0.25, 0.3) is 0 Å². The van der Waals surface area contributed by atoms with Gasteiger partial charge in [-0.2, -0.15) is 0 Å². The first-order valence-corrected chi connectivity index (χ1v) is 6.76. The Morgan fingerprint density at radius 3 is 2.71 bits per heavy atom. The van der Waals surface area contributed by atoms with Crippen LogP contribution in [0.3, 0.4) is 0 Å². The Kier molecular flexibility index (Phi) is 4.30. The van der Waals surface area contributed by atoms with Crippen molar-refractivity contribution in [2.45, 2.75) is 32.8 Å². The van der Waals surface area contributed by atoms with Gasteiger partial charge >= 0.3 is 0 Å². The van der Waals surface area contributed by atoms with E-state index in [0.29, 0.717) is 5.02 Å². The summed E-state index contributed by atoms with van der Waals surface area (Å²) in [6, 6.07) is 5.79. The summed E-state index contributed by atoms with van der Waals surface area (Å²) in [6.07, 6.45) is 4.06. The van der Waals surface area contributed by atoms with Gasteiger partial charge in [-0.15, -0.1) is 0 Å². The SMILES string of the molecule is CCN(CC1CCC1)c1ccc(Cl)cc1CO. The topological polar surface area (TPSA) is 23.5 Å². The van der Waals surface area contributed by atoms with Crippen LogP contribution < -0.4 is 4.90 Å². The molecule has 3 heteroatoms. The van der Waals surface area contributed by atoms with E-state index in [1.165, 1.54) is 19.3 Å². The lowest BCUT2D eigenvalue weighted by Gasteiger charge is -2.34. The van der Waals surface area contributed by atoms with Crippen molar-refractivity contribution in [2.24, 2.45) is 5.92 Å². The van der Waals surface area contributed by atoms with Gasteiger partial charge in [0.2, 0.25) is 0 Å². The maximum atomic E-state index is 9.41. The molecular formula is C14H20ClNO. The second kappa shape index (κ2) is 5.74. The first-order valence-electron chi connectivity index (χ1n) is 6.38. The molecule has 0 aliphatic heterocycles. The molecule has 0 aromatic heterocycles. The highest BCUT2D eigenvalue weighted by molar-refractivity contribution is 6.30. The van der Waals surface area contributed by atoms with Crippen molar-refractivity contribution in [3.8, 4) is 0 Å². The van der Waals surface area contributed by atoms with Gasteiger partial charge in [0.1, 0.15) is 0 Å². The normalized spacial score (nSPS) is 15.7. The number of rotatable bonds is 5. The van der Waals surface area contributed by atoms with Crippen LogP contribution in [0.1, 0.15) is 31.7 Å². The molecular weight excluding hydrogens is 234 g/mol. The second-order valence-corrected chi connectivity index (χ2v) is 5.20. The summed E-state index contributed by atoms with van der Waals surface area (Å²) < 4.78 is 0.